The van der Waals surface area contributed by atoms with Crippen LogP contribution in [0.5, 0.6) is 5.75 Å². The zero-order valence-corrected chi connectivity index (χ0v) is 14.3. The van der Waals surface area contributed by atoms with Crippen LogP contribution >= 0.6 is 23.8 Å². The molecule has 0 bridgehead atoms. The molecule has 3 N–H and O–H groups in total. The summed E-state index contributed by atoms with van der Waals surface area (Å²) < 4.78 is 18.0. The van der Waals surface area contributed by atoms with Gasteiger partial charge in [-0.25, -0.2) is 4.39 Å². The van der Waals surface area contributed by atoms with Crippen LogP contribution in [-0.4, -0.2) is 23.5 Å². The monoisotopic (exact) mass is 381 g/mol. The first-order valence-corrected chi connectivity index (χ1v) is 7.77. The lowest BCUT2D eigenvalue weighted by molar-refractivity contribution is -0.123. The minimum absolute atomic E-state index is 0.117. The van der Waals surface area contributed by atoms with Crippen LogP contribution < -0.4 is 20.9 Å². The second-order valence-corrected chi connectivity index (χ2v) is 5.55. The van der Waals surface area contributed by atoms with Crippen LogP contribution in [0.25, 0.3) is 0 Å². The van der Waals surface area contributed by atoms with E-state index < -0.39 is 17.6 Å². The number of benzene rings is 2. The lowest BCUT2D eigenvalue weighted by atomic mass is 10.2. The van der Waals surface area contributed by atoms with Gasteiger partial charge in [0.05, 0.1) is 0 Å². The van der Waals surface area contributed by atoms with Crippen LogP contribution in [0.1, 0.15) is 10.4 Å². The molecule has 2 aromatic rings. The standard InChI is InChI=1S/C16H13ClFN3O3S/c17-11-3-7-13(8-4-11)24-9-14(22)20-21-16(25)19-15(23)10-1-5-12(18)6-2-10/h1-8H,9H2,(H,20,22)(H2,19,21,23,25). The number of carbonyl (C=O) groups excluding carboxylic acids is 2. The zero-order chi connectivity index (χ0) is 18.2. The molecular formula is C16H13ClFN3O3S. The molecular weight excluding hydrogens is 369 g/mol. The number of hydrazine groups is 1. The molecule has 6 nitrogen and oxygen atoms in total. The molecule has 0 fully saturated rings. The molecule has 2 rings (SSSR count). The summed E-state index contributed by atoms with van der Waals surface area (Å²) >= 11 is 10.6. The number of carbonyl (C=O) groups is 2. The van der Waals surface area contributed by atoms with E-state index >= 15 is 0 Å². The number of thiocarbonyl (C=S) groups is 1. The molecule has 0 saturated heterocycles. The minimum Gasteiger partial charge on any atom is -0.484 e. The molecule has 0 aromatic heterocycles. The third-order valence-corrected chi connectivity index (χ3v) is 3.29. The molecule has 2 amide bonds. The highest BCUT2D eigenvalue weighted by Crippen LogP contribution is 2.15. The van der Waals surface area contributed by atoms with Crippen molar-refractivity contribution in [2.75, 3.05) is 6.61 Å². The predicted octanol–water partition coefficient (Wildman–Crippen LogP) is 2.19. The summed E-state index contributed by atoms with van der Waals surface area (Å²) in [5.74, 6) is -1.02. The number of nitrogens with one attached hydrogen (secondary N) is 3. The van der Waals surface area contributed by atoms with E-state index in [1.807, 2.05) is 0 Å². The number of amides is 2. The van der Waals surface area contributed by atoms with E-state index in [0.29, 0.717) is 10.8 Å². The van der Waals surface area contributed by atoms with Crippen LogP contribution in [0.2, 0.25) is 5.02 Å². The van der Waals surface area contributed by atoms with Gasteiger partial charge in [-0.3, -0.25) is 25.8 Å². The van der Waals surface area contributed by atoms with Crippen molar-refractivity contribution in [1.29, 1.82) is 0 Å². The van der Waals surface area contributed by atoms with Crippen molar-refractivity contribution in [3.05, 3.63) is 64.9 Å². The van der Waals surface area contributed by atoms with E-state index in [9.17, 15) is 14.0 Å². The van der Waals surface area contributed by atoms with Gasteiger partial charge in [-0.05, 0) is 60.7 Å². The maximum absolute atomic E-state index is 12.8. The lowest BCUT2D eigenvalue weighted by Crippen LogP contribution is -2.49. The van der Waals surface area contributed by atoms with Crippen molar-refractivity contribution in [2.45, 2.75) is 0 Å². The Bertz CT molecular complexity index is 769. The second kappa shape index (κ2) is 8.95. The number of hydrogen-bond acceptors (Lipinski definition) is 4. The Morgan fingerprint density at radius 1 is 1.04 bits per heavy atom. The molecule has 0 radical (unpaired) electrons. The van der Waals surface area contributed by atoms with Crippen LogP contribution in [-0.2, 0) is 4.79 Å². The molecule has 130 valence electrons. The van der Waals surface area contributed by atoms with E-state index in [1.54, 1.807) is 24.3 Å². The molecule has 25 heavy (non-hydrogen) atoms. The Kier molecular flexibility index (Phi) is 6.67. The number of ether oxygens (including phenoxy) is 1. The topological polar surface area (TPSA) is 79.5 Å². The fourth-order valence-corrected chi connectivity index (χ4v) is 1.92. The zero-order valence-electron chi connectivity index (χ0n) is 12.7. The molecule has 0 saturated carbocycles. The Morgan fingerprint density at radius 2 is 1.68 bits per heavy atom. The summed E-state index contributed by atoms with van der Waals surface area (Å²) in [6, 6.07) is 11.4. The number of halogens is 2. The number of hydrogen-bond donors (Lipinski definition) is 3. The average molecular weight is 382 g/mol. The molecule has 0 unspecified atom stereocenters. The quantitative estimate of drug-likeness (QED) is 0.559. The minimum atomic E-state index is -0.538. The fourth-order valence-electron chi connectivity index (χ4n) is 1.65. The van der Waals surface area contributed by atoms with Gasteiger partial charge in [0.15, 0.2) is 11.7 Å². The van der Waals surface area contributed by atoms with Gasteiger partial charge < -0.3 is 4.74 Å². The second-order valence-electron chi connectivity index (χ2n) is 4.71. The third-order valence-electron chi connectivity index (χ3n) is 2.83. The van der Waals surface area contributed by atoms with E-state index in [4.69, 9.17) is 28.6 Å². The summed E-state index contributed by atoms with van der Waals surface area (Å²) in [7, 11) is 0. The van der Waals surface area contributed by atoms with Gasteiger partial charge in [0, 0.05) is 10.6 Å². The van der Waals surface area contributed by atoms with Gasteiger partial charge >= 0.3 is 0 Å². The molecule has 0 spiro atoms. The van der Waals surface area contributed by atoms with Gasteiger partial charge in [0.2, 0.25) is 0 Å². The van der Waals surface area contributed by atoms with Crippen molar-refractivity contribution in [2.24, 2.45) is 0 Å². The van der Waals surface area contributed by atoms with Gasteiger partial charge in [0.25, 0.3) is 11.8 Å². The molecule has 0 aliphatic rings. The summed E-state index contributed by atoms with van der Waals surface area (Å²) in [6.07, 6.45) is 0. The lowest BCUT2D eigenvalue weighted by Gasteiger charge is -2.11. The van der Waals surface area contributed by atoms with Crippen molar-refractivity contribution in [3.8, 4) is 5.75 Å². The van der Waals surface area contributed by atoms with Gasteiger partial charge in [-0.15, -0.1) is 0 Å². The maximum atomic E-state index is 12.8. The Balaban J connectivity index is 1.71. The summed E-state index contributed by atoms with van der Waals surface area (Å²) in [5.41, 5.74) is 4.86. The van der Waals surface area contributed by atoms with Crippen molar-refractivity contribution >= 4 is 40.7 Å². The Labute approximate surface area is 153 Å². The normalized spacial score (nSPS) is 9.84. The highest BCUT2D eigenvalue weighted by atomic mass is 35.5. The molecule has 0 aliphatic heterocycles. The van der Waals surface area contributed by atoms with Crippen molar-refractivity contribution < 1.29 is 18.7 Å². The Hall–Kier alpha value is -2.71. The number of rotatable bonds is 4. The van der Waals surface area contributed by atoms with E-state index in [2.05, 4.69) is 16.2 Å². The largest absolute Gasteiger partial charge is 0.484 e. The van der Waals surface area contributed by atoms with E-state index in [0.717, 1.165) is 12.1 Å². The first-order chi connectivity index (χ1) is 11.9. The average Bonchev–Trinajstić information content (AvgIpc) is 2.60. The van der Waals surface area contributed by atoms with Crippen LogP contribution in [0, 0.1) is 5.82 Å². The van der Waals surface area contributed by atoms with Gasteiger partial charge in [0.1, 0.15) is 11.6 Å². The predicted molar refractivity (Wildman–Crippen MR) is 94.7 cm³/mol. The molecule has 0 aliphatic carbocycles. The summed E-state index contributed by atoms with van der Waals surface area (Å²) in [5, 5.41) is 2.78. The van der Waals surface area contributed by atoms with Gasteiger partial charge in [-0.2, -0.15) is 0 Å². The summed E-state index contributed by atoms with van der Waals surface area (Å²) in [4.78, 5) is 23.5. The highest BCUT2D eigenvalue weighted by Gasteiger charge is 2.09. The first-order valence-electron chi connectivity index (χ1n) is 6.98. The smallest absolute Gasteiger partial charge is 0.276 e. The molecule has 0 atom stereocenters. The fraction of sp³-hybridized carbons (Fsp3) is 0.0625. The van der Waals surface area contributed by atoms with Gasteiger partial charge in [-0.1, -0.05) is 11.6 Å². The van der Waals surface area contributed by atoms with Crippen molar-refractivity contribution in [3.63, 3.8) is 0 Å². The van der Waals surface area contributed by atoms with Crippen LogP contribution in [0.3, 0.4) is 0 Å². The molecule has 0 heterocycles. The molecule has 9 heteroatoms. The first kappa shape index (κ1) is 18.6. The Morgan fingerprint density at radius 3 is 2.32 bits per heavy atom. The van der Waals surface area contributed by atoms with E-state index in [-0.39, 0.29) is 17.3 Å². The SMILES string of the molecule is O=C(COc1ccc(Cl)cc1)NNC(=S)NC(=O)c1ccc(F)cc1. The van der Waals surface area contributed by atoms with E-state index in [1.165, 1.54) is 12.1 Å². The van der Waals surface area contributed by atoms with Crippen LogP contribution in [0.4, 0.5) is 4.39 Å². The van der Waals surface area contributed by atoms with Crippen molar-refractivity contribution in [1.82, 2.24) is 16.2 Å². The highest BCUT2D eigenvalue weighted by molar-refractivity contribution is 7.80. The van der Waals surface area contributed by atoms with Crippen LogP contribution in [0.15, 0.2) is 48.5 Å². The third kappa shape index (κ3) is 6.36. The maximum Gasteiger partial charge on any atom is 0.276 e. The summed E-state index contributed by atoms with van der Waals surface area (Å²) in [6.45, 7) is -0.261. The molecule has 2 aromatic carbocycles.